The molecule has 2 rings (SSSR count). The molecule has 1 fully saturated rings. The second kappa shape index (κ2) is 8.28. The van der Waals surface area contributed by atoms with Crippen LogP contribution in [0.1, 0.15) is 39.3 Å². The molecule has 1 aliphatic heterocycles. The number of nitrogens with zero attached hydrogens (tertiary/aromatic N) is 3. The van der Waals surface area contributed by atoms with Crippen LogP contribution in [0, 0.1) is 5.92 Å². The van der Waals surface area contributed by atoms with Crippen molar-refractivity contribution in [3.63, 3.8) is 0 Å². The number of likely N-dealkylation sites (tertiary alicyclic amines) is 1. The number of piperidine rings is 1. The summed E-state index contributed by atoms with van der Waals surface area (Å²) in [6.07, 6.45) is 5.16. The molecule has 1 aliphatic rings. The highest BCUT2D eigenvalue weighted by Crippen LogP contribution is 2.20. The maximum Gasteiger partial charge on any atom is 0.407 e. The Balaban J connectivity index is 1.82. The van der Waals surface area contributed by atoms with Crippen molar-refractivity contribution in [3.05, 3.63) is 18.1 Å². The summed E-state index contributed by atoms with van der Waals surface area (Å²) in [4.78, 5) is 22.7. The van der Waals surface area contributed by atoms with Crippen LogP contribution in [-0.2, 0) is 11.3 Å². The Kier molecular flexibility index (Phi) is 6.36. The van der Waals surface area contributed by atoms with Gasteiger partial charge in [-0.2, -0.15) is 0 Å². The van der Waals surface area contributed by atoms with Crippen molar-refractivity contribution in [1.82, 2.24) is 20.2 Å². The first-order valence-electron chi connectivity index (χ1n) is 8.40. The summed E-state index contributed by atoms with van der Waals surface area (Å²) in [7, 11) is 1.61. The van der Waals surface area contributed by atoms with Crippen LogP contribution < -0.4 is 10.1 Å². The summed E-state index contributed by atoms with van der Waals surface area (Å²) in [6.45, 7) is 8.86. The first-order chi connectivity index (χ1) is 11.4. The second-order valence-corrected chi connectivity index (χ2v) is 7.14. The molecule has 1 N–H and O–H groups in total. The number of ether oxygens (including phenoxy) is 2. The predicted molar refractivity (Wildman–Crippen MR) is 90.8 cm³/mol. The molecule has 0 radical (unpaired) electrons. The lowest BCUT2D eigenvalue weighted by atomic mass is 9.98. The van der Waals surface area contributed by atoms with Crippen molar-refractivity contribution in [2.75, 3.05) is 26.7 Å². The molecule has 2 heterocycles. The normalized spacial score (nSPS) is 18.9. The molecule has 1 aromatic heterocycles. The largest absolute Gasteiger partial charge is 0.480 e. The van der Waals surface area contributed by atoms with Crippen LogP contribution in [-0.4, -0.2) is 53.3 Å². The fourth-order valence-electron chi connectivity index (χ4n) is 2.85. The Morgan fingerprint density at radius 2 is 2.12 bits per heavy atom. The Morgan fingerprint density at radius 1 is 1.38 bits per heavy atom. The van der Waals surface area contributed by atoms with E-state index in [1.807, 2.05) is 20.8 Å². The standard InChI is InChI=1S/C17H28N4O3/c1-17(2,3)24-16(22)20-10-13-6-5-9-21(11-13)12-14-15(23-4)19-8-7-18-14/h7-8,13H,5-6,9-12H2,1-4H3,(H,20,22)/t13-/m0/s1. The fraction of sp³-hybridized carbons (Fsp3) is 0.706. The molecule has 0 aliphatic carbocycles. The highest BCUT2D eigenvalue weighted by Gasteiger charge is 2.23. The number of carbonyl (C=O) groups is 1. The molecule has 0 spiro atoms. The lowest BCUT2D eigenvalue weighted by Crippen LogP contribution is -2.42. The molecule has 0 saturated carbocycles. The van der Waals surface area contributed by atoms with Gasteiger partial charge < -0.3 is 14.8 Å². The number of hydrogen-bond acceptors (Lipinski definition) is 6. The third-order valence-electron chi connectivity index (χ3n) is 3.84. The molecule has 0 bridgehead atoms. The van der Waals surface area contributed by atoms with E-state index in [0.29, 0.717) is 24.9 Å². The van der Waals surface area contributed by atoms with Gasteiger partial charge in [0.05, 0.1) is 7.11 Å². The molecule has 1 aromatic rings. The molecule has 1 atom stereocenters. The minimum absolute atomic E-state index is 0.352. The zero-order chi connectivity index (χ0) is 17.6. The van der Waals surface area contributed by atoms with Crippen LogP contribution in [0.15, 0.2) is 12.4 Å². The van der Waals surface area contributed by atoms with Gasteiger partial charge in [-0.1, -0.05) is 0 Å². The van der Waals surface area contributed by atoms with Gasteiger partial charge in [0.25, 0.3) is 0 Å². The maximum atomic E-state index is 11.8. The first kappa shape index (κ1) is 18.4. The van der Waals surface area contributed by atoms with E-state index in [9.17, 15) is 4.79 Å². The zero-order valence-corrected chi connectivity index (χ0v) is 15.0. The molecular weight excluding hydrogens is 308 g/mol. The molecule has 0 aromatic carbocycles. The van der Waals surface area contributed by atoms with Gasteiger partial charge in [0.1, 0.15) is 11.3 Å². The van der Waals surface area contributed by atoms with Gasteiger partial charge in [0.15, 0.2) is 0 Å². The Morgan fingerprint density at radius 3 is 2.83 bits per heavy atom. The van der Waals surface area contributed by atoms with Gasteiger partial charge in [-0.05, 0) is 46.1 Å². The quantitative estimate of drug-likeness (QED) is 0.888. The number of methoxy groups -OCH3 is 1. The summed E-state index contributed by atoms with van der Waals surface area (Å²) in [6, 6.07) is 0. The van der Waals surface area contributed by atoms with E-state index in [1.165, 1.54) is 0 Å². The summed E-state index contributed by atoms with van der Waals surface area (Å²) >= 11 is 0. The van der Waals surface area contributed by atoms with E-state index < -0.39 is 5.60 Å². The fourth-order valence-corrected chi connectivity index (χ4v) is 2.85. The maximum absolute atomic E-state index is 11.8. The van der Waals surface area contributed by atoms with E-state index in [0.717, 1.165) is 31.6 Å². The molecule has 1 amide bonds. The van der Waals surface area contributed by atoms with Crippen molar-refractivity contribution in [2.45, 2.75) is 45.8 Å². The Labute approximate surface area is 143 Å². The Hall–Kier alpha value is -1.89. The smallest absolute Gasteiger partial charge is 0.407 e. The topological polar surface area (TPSA) is 76.6 Å². The monoisotopic (exact) mass is 336 g/mol. The Bertz CT molecular complexity index is 545. The average Bonchev–Trinajstić information content (AvgIpc) is 2.52. The van der Waals surface area contributed by atoms with E-state index >= 15 is 0 Å². The van der Waals surface area contributed by atoms with Gasteiger partial charge >= 0.3 is 6.09 Å². The second-order valence-electron chi connectivity index (χ2n) is 7.14. The summed E-state index contributed by atoms with van der Waals surface area (Å²) < 4.78 is 10.5. The van der Waals surface area contributed by atoms with E-state index in [4.69, 9.17) is 9.47 Å². The number of nitrogens with one attached hydrogen (secondary N) is 1. The van der Waals surface area contributed by atoms with Crippen molar-refractivity contribution in [1.29, 1.82) is 0 Å². The highest BCUT2D eigenvalue weighted by atomic mass is 16.6. The average molecular weight is 336 g/mol. The van der Waals surface area contributed by atoms with E-state index in [-0.39, 0.29) is 6.09 Å². The molecule has 24 heavy (non-hydrogen) atoms. The summed E-state index contributed by atoms with van der Waals surface area (Å²) in [5.41, 5.74) is 0.381. The van der Waals surface area contributed by atoms with Crippen molar-refractivity contribution in [3.8, 4) is 5.88 Å². The van der Waals surface area contributed by atoms with Crippen LogP contribution in [0.4, 0.5) is 4.79 Å². The SMILES string of the molecule is COc1nccnc1CN1CCC[C@@H](CNC(=O)OC(C)(C)C)C1. The number of hydrogen-bond donors (Lipinski definition) is 1. The van der Waals surface area contributed by atoms with Gasteiger partial charge in [0.2, 0.25) is 5.88 Å². The van der Waals surface area contributed by atoms with Crippen LogP contribution in [0.3, 0.4) is 0 Å². The molecule has 0 unspecified atom stereocenters. The van der Waals surface area contributed by atoms with Gasteiger partial charge in [0, 0.05) is 32.0 Å². The number of carbonyl (C=O) groups excluding carboxylic acids is 1. The van der Waals surface area contributed by atoms with Crippen LogP contribution in [0.25, 0.3) is 0 Å². The van der Waals surface area contributed by atoms with Crippen LogP contribution in [0.2, 0.25) is 0 Å². The minimum atomic E-state index is -0.467. The van der Waals surface area contributed by atoms with Crippen LogP contribution >= 0.6 is 0 Å². The van der Waals surface area contributed by atoms with Crippen molar-refractivity contribution >= 4 is 6.09 Å². The van der Waals surface area contributed by atoms with E-state index in [1.54, 1.807) is 19.5 Å². The van der Waals surface area contributed by atoms with Gasteiger partial charge in [-0.3, -0.25) is 9.88 Å². The van der Waals surface area contributed by atoms with Gasteiger partial charge in [-0.15, -0.1) is 0 Å². The lowest BCUT2D eigenvalue weighted by Gasteiger charge is -2.32. The van der Waals surface area contributed by atoms with Crippen molar-refractivity contribution < 1.29 is 14.3 Å². The zero-order valence-electron chi connectivity index (χ0n) is 15.0. The van der Waals surface area contributed by atoms with Crippen LogP contribution in [0.5, 0.6) is 5.88 Å². The lowest BCUT2D eigenvalue weighted by molar-refractivity contribution is 0.0506. The predicted octanol–water partition coefficient (Wildman–Crippen LogP) is 2.22. The van der Waals surface area contributed by atoms with Crippen molar-refractivity contribution in [2.24, 2.45) is 5.92 Å². The number of alkyl carbamates (subject to hydrolysis) is 1. The number of aromatic nitrogens is 2. The third-order valence-corrected chi connectivity index (χ3v) is 3.84. The molecular formula is C17H28N4O3. The number of rotatable bonds is 5. The molecule has 134 valence electrons. The third kappa shape index (κ3) is 5.96. The summed E-state index contributed by atoms with van der Waals surface area (Å²) in [5.74, 6) is 0.987. The molecule has 7 heteroatoms. The van der Waals surface area contributed by atoms with Gasteiger partial charge in [-0.25, -0.2) is 9.78 Å². The minimum Gasteiger partial charge on any atom is -0.480 e. The highest BCUT2D eigenvalue weighted by molar-refractivity contribution is 5.67. The number of amides is 1. The first-order valence-corrected chi connectivity index (χ1v) is 8.40. The molecule has 7 nitrogen and oxygen atoms in total. The molecule has 1 saturated heterocycles. The van der Waals surface area contributed by atoms with E-state index in [2.05, 4.69) is 20.2 Å². The summed E-state index contributed by atoms with van der Waals surface area (Å²) in [5, 5.41) is 2.88.